The van der Waals surface area contributed by atoms with E-state index in [9.17, 15) is 0 Å². The Labute approximate surface area is 133 Å². The third kappa shape index (κ3) is 2.46. The zero-order valence-corrected chi connectivity index (χ0v) is 13.2. The van der Waals surface area contributed by atoms with E-state index in [0.29, 0.717) is 11.6 Å². The normalized spacial score (nSPS) is 10.6. The van der Waals surface area contributed by atoms with Crippen LogP contribution in [0.4, 0.5) is 11.6 Å². The molecule has 0 unspecified atom stereocenters. The Balaban J connectivity index is 0.000000131. The fourth-order valence-electron chi connectivity index (χ4n) is 2.09. The van der Waals surface area contributed by atoms with Gasteiger partial charge in [0.05, 0.1) is 10.8 Å². The van der Waals surface area contributed by atoms with Gasteiger partial charge in [-0.1, -0.05) is 0 Å². The van der Waals surface area contributed by atoms with Crippen LogP contribution in [-0.2, 0) is 0 Å². The monoisotopic (exact) mass is 360 g/mol. The molecule has 8 nitrogen and oxygen atoms in total. The molecule has 0 amide bonds. The van der Waals surface area contributed by atoms with Gasteiger partial charge in [0.15, 0.2) is 0 Å². The molecule has 4 heterocycles. The number of aryl methyl sites for hydroxylation is 1. The summed E-state index contributed by atoms with van der Waals surface area (Å²) in [5.74, 6) is 1.02. The Morgan fingerprint density at radius 3 is 2.00 bits per heavy atom. The van der Waals surface area contributed by atoms with Crippen molar-refractivity contribution in [3.8, 4) is 0 Å². The van der Waals surface area contributed by atoms with Gasteiger partial charge in [-0.15, -0.1) is 0 Å². The van der Waals surface area contributed by atoms with E-state index in [1.54, 1.807) is 6.20 Å². The average Bonchev–Trinajstić information content (AvgIpc) is 3.06. The lowest BCUT2D eigenvalue weighted by Crippen LogP contribution is -1.91. The summed E-state index contributed by atoms with van der Waals surface area (Å²) in [5, 5.41) is 1.76. The number of anilines is 2. The number of hydrogen-bond donors (Lipinski definition) is 4. The molecule has 4 aromatic rings. The van der Waals surface area contributed by atoms with E-state index >= 15 is 0 Å². The molecule has 4 aromatic heterocycles. The minimum Gasteiger partial charge on any atom is -0.383 e. The summed E-state index contributed by atoms with van der Waals surface area (Å²) < 4.78 is 0.894. The van der Waals surface area contributed by atoms with Gasteiger partial charge in [0.2, 0.25) is 0 Å². The van der Waals surface area contributed by atoms with Crippen LogP contribution in [0.3, 0.4) is 0 Å². The van der Waals surface area contributed by atoms with Crippen molar-refractivity contribution in [3.63, 3.8) is 0 Å². The first kappa shape index (κ1) is 14.3. The van der Waals surface area contributed by atoms with Crippen LogP contribution in [0.2, 0.25) is 0 Å². The van der Waals surface area contributed by atoms with E-state index in [1.165, 1.54) is 12.7 Å². The molecule has 0 aliphatic heterocycles. The third-order valence-electron chi connectivity index (χ3n) is 3.15. The summed E-state index contributed by atoms with van der Waals surface area (Å²) in [4.78, 5) is 21.7. The molecule has 0 atom stereocenters. The molecule has 0 saturated carbocycles. The van der Waals surface area contributed by atoms with Crippen LogP contribution < -0.4 is 11.5 Å². The SMILES string of the molecule is Cc1c[nH]c2ncnc(N)c12.Nc1ncnc2[nH]cc(Br)c12. The summed E-state index contributed by atoms with van der Waals surface area (Å²) in [5.41, 5.74) is 13.9. The number of rotatable bonds is 0. The minimum atomic E-state index is 0.489. The number of aromatic amines is 2. The van der Waals surface area contributed by atoms with Crippen LogP contribution >= 0.6 is 15.9 Å². The number of nitrogens with two attached hydrogens (primary N) is 2. The second kappa shape index (κ2) is 5.60. The van der Waals surface area contributed by atoms with Crippen LogP contribution in [0.25, 0.3) is 22.1 Å². The van der Waals surface area contributed by atoms with Crippen molar-refractivity contribution >= 4 is 49.6 Å². The van der Waals surface area contributed by atoms with Crippen molar-refractivity contribution < 1.29 is 0 Å². The van der Waals surface area contributed by atoms with Gasteiger partial charge in [-0.05, 0) is 28.4 Å². The minimum absolute atomic E-state index is 0.489. The number of H-pyrrole nitrogens is 2. The van der Waals surface area contributed by atoms with E-state index in [1.807, 2.05) is 13.1 Å². The largest absolute Gasteiger partial charge is 0.383 e. The van der Waals surface area contributed by atoms with Gasteiger partial charge in [0.1, 0.15) is 35.6 Å². The number of nitrogen functional groups attached to an aromatic ring is 2. The lowest BCUT2D eigenvalue weighted by molar-refractivity contribution is 1.21. The molecule has 0 aliphatic carbocycles. The fourth-order valence-corrected chi connectivity index (χ4v) is 2.60. The van der Waals surface area contributed by atoms with Crippen molar-refractivity contribution in [3.05, 3.63) is 35.1 Å². The van der Waals surface area contributed by atoms with Gasteiger partial charge in [0.25, 0.3) is 0 Å². The predicted molar refractivity (Wildman–Crippen MR) is 89.0 cm³/mol. The van der Waals surface area contributed by atoms with Gasteiger partial charge in [-0.3, -0.25) is 0 Å². The smallest absolute Gasteiger partial charge is 0.144 e. The van der Waals surface area contributed by atoms with Crippen molar-refractivity contribution in [2.45, 2.75) is 6.92 Å². The van der Waals surface area contributed by atoms with E-state index in [0.717, 1.165) is 32.1 Å². The summed E-state index contributed by atoms with van der Waals surface area (Å²) in [6.45, 7) is 1.97. The standard InChI is InChI=1S/C7H8N4.C6H5BrN4/c1-4-2-9-7-5(4)6(8)10-3-11-7;7-3-1-9-6-4(3)5(8)10-2-11-6/h2-3H,1H3,(H3,8,9,10,11);1-2H,(H3,8,9,10,11). The number of nitrogens with zero attached hydrogens (tertiary/aromatic N) is 4. The molecule has 6 N–H and O–H groups in total. The zero-order chi connectivity index (χ0) is 15.7. The highest BCUT2D eigenvalue weighted by Gasteiger charge is 2.05. The summed E-state index contributed by atoms with van der Waals surface area (Å²) in [7, 11) is 0. The first-order valence-corrected chi connectivity index (χ1v) is 7.14. The maximum atomic E-state index is 5.63. The van der Waals surface area contributed by atoms with Crippen LogP contribution in [0.5, 0.6) is 0 Å². The molecule has 112 valence electrons. The highest BCUT2D eigenvalue weighted by Crippen LogP contribution is 2.25. The Hall–Kier alpha value is -2.68. The second-order valence-electron chi connectivity index (χ2n) is 4.57. The molecule has 0 radical (unpaired) electrons. The van der Waals surface area contributed by atoms with Gasteiger partial charge < -0.3 is 21.4 Å². The molecule has 22 heavy (non-hydrogen) atoms. The molecule has 0 aliphatic rings. The molecular formula is C13H13BrN8. The van der Waals surface area contributed by atoms with E-state index in [-0.39, 0.29) is 0 Å². The van der Waals surface area contributed by atoms with Crippen molar-refractivity contribution in [1.29, 1.82) is 0 Å². The summed E-state index contributed by atoms with van der Waals surface area (Å²) in [6.07, 6.45) is 6.54. The lowest BCUT2D eigenvalue weighted by Gasteiger charge is -1.93. The molecule has 9 heteroatoms. The van der Waals surface area contributed by atoms with Crippen molar-refractivity contribution in [1.82, 2.24) is 29.9 Å². The van der Waals surface area contributed by atoms with E-state index < -0.39 is 0 Å². The highest BCUT2D eigenvalue weighted by molar-refractivity contribution is 9.10. The number of nitrogens with one attached hydrogen (secondary N) is 2. The van der Waals surface area contributed by atoms with Crippen LogP contribution in [-0.4, -0.2) is 29.9 Å². The lowest BCUT2D eigenvalue weighted by atomic mass is 10.2. The maximum absolute atomic E-state index is 5.63. The Kier molecular flexibility index (Phi) is 3.63. The molecule has 4 rings (SSSR count). The Morgan fingerprint density at radius 2 is 1.41 bits per heavy atom. The molecule has 0 bridgehead atoms. The summed E-state index contributed by atoms with van der Waals surface area (Å²) in [6, 6.07) is 0. The molecule has 0 fully saturated rings. The van der Waals surface area contributed by atoms with Crippen LogP contribution in [0.1, 0.15) is 5.56 Å². The number of hydrogen-bond acceptors (Lipinski definition) is 6. The maximum Gasteiger partial charge on any atom is 0.144 e. The molecular weight excluding hydrogens is 348 g/mol. The number of aromatic nitrogens is 6. The number of halogens is 1. The third-order valence-corrected chi connectivity index (χ3v) is 3.77. The fraction of sp³-hybridized carbons (Fsp3) is 0.0769. The van der Waals surface area contributed by atoms with Crippen LogP contribution in [0, 0.1) is 6.92 Å². The zero-order valence-electron chi connectivity index (χ0n) is 11.6. The molecule has 0 aromatic carbocycles. The topological polar surface area (TPSA) is 135 Å². The highest BCUT2D eigenvalue weighted by atomic mass is 79.9. The molecule has 0 spiro atoms. The van der Waals surface area contributed by atoms with Gasteiger partial charge in [-0.2, -0.15) is 0 Å². The van der Waals surface area contributed by atoms with Gasteiger partial charge in [-0.25, -0.2) is 19.9 Å². The van der Waals surface area contributed by atoms with E-state index in [2.05, 4.69) is 45.8 Å². The van der Waals surface area contributed by atoms with Gasteiger partial charge in [0, 0.05) is 16.9 Å². The Morgan fingerprint density at radius 1 is 0.864 bits per heavy atom. The van der Waals surface area contributed by atoms with Crippen molar-refractivity contribution in [2.24, 2.45) is 0 Å². The van der Waals surface area contributed by atoms with E-state index in [4.69, 9.17) is 11.5 Å². The average molecular weight is 361 g/mol. The second-order valence-corrected chi connectivity index (χ2v) is 5.43. The molecule has 0 saturated heterocycles. The first-order valence-electron chi connectivity index (χ1n) is 6.35. The van der Waals surface area contributed by atoms with Gasteiger partial charge >= 0.3 is 0 Å². The number of fused-ring (bicyclic) bond motifs is 2. The van der Waals surface area contributed by atoms with Crippen molar-refractivity contribution in [2.75, 3.05) is 11.5 Å². The van der Waals surface area contributed by atoms with Crippen LogP contribution in [0.15, 0.2) is 29.5 Å². The summed E-state index contributed by atoms with van der Waals surface area (Å²) >= 11 is 3.33. The predicted octanol–water partition coefficient (Wildman–Crippen LogP) is 2.15. The Bertz CT molecular complexity index is 864. The first-order chi connectivity index (χ1) is 10.6. The quantitative estimate of drug-likeness (QED) is 0.379.